The molecule has 1 saturated heterocycles. The molecule has 116 valence electrons. The van der Waals surface area contributed by atoms with Crippen LogP contribution in [0.2, 0.25) is 0 Å². The lowest BCUT2D eigenvalue weighted by molar-refractivity contribution is -0.114. The third-order valence-corrected chi connectivity index (χ3v) is 4.40. The summed E-state index contributed by atoms with van der Waals surface area (Å²) in [6.45, 7) is 6.45. The molecule has 2 amide bonds. The first-order valence-corrected chi connectivity index (χ1v) is 8.23. The van der Waals surface area contributed by atoms with Crippen molar-refractivity contribution in [2.24, 2.45) is 0 Å². The van der Waals surface area contributed by atoms with Crippen LogP contribution in [0.3, 0.4) is 0 Å². The Morgan fingerprint density at radius 1 is 1.43 bits per heavy atom. The van der Waals surface area contributed by atoms with Crippen molar-refractivity contribution in [1.29, 1.82) is 0 Å². The van der Waals surface area contributed by atoms with E-state index in [2.05, 4.69) is 27.4 Å². The first kappa shape index (κ1) is 15.9. The Morgan fingerprint density at radius 3 is 2.76 bits per heavy atom. The van der Waals surface area contributed by atoms with Gasteiger partial charge in [0, 0.05) is 24.9 Å². The molecule has 0 bridgehead atoms. The van der Waals surface area contributed by atoms with E-state index in [1.165, 1.54) is 31.1 Å². The number of hydrogen-bond donors (Lipinski definition) is 2. The van der Waals surface area contributed by atoms with Gasteiger partial charge < -0.3 is 10.6 Å². The molecule has 0 spiro atoms. The molecule has 0 unspecified atom stereocenters. The molecule has 6 nitrogen and oxygen atoms in total. The molecule has 1 fully saturated rings. The van der Waals surface area contributed by atoms with Gasteiger partial charge in [-0.15, -0.1) is 11.3 Å². The highest BCUT2D eigenvalue weighted by molar-refractivity contribution is 7.14. The summed E-state index contributed by atoms with van der Waals surface area (Å²) in [4.78, 5) is 29.6. The highest BCUT2D eigenvalue weighted by Crippen LogP contribution is 2.16. The molecule has 21 heavy (non-hydrogen) atoms. The van der Waals surface area contributed by atoms with Crippen molar-refractivity contribution < 1.29 is 9.59 Å². The van der Waals surface area contributed by atoms with Crippen LogP contribution in [0.15, 0.2) is 5.38 Å². The summed E-state index contributed by atoms with van der Waals surface area (Å²) in [6.07, 6.45) is 3.52. The third kappa shape index (κ3) is 4.50. The number of amides is 2. The van der Waals surface area contributed by atoms with E-state index in [4.69, 9.17) is 0 Å². The van der Waals surface area contributed by atoms with Gasteiger partial charge in [-0.05, 0) is 32.4 Å². The van der Waals surface area contributed by atoms with E-state index in [-0.39, 0.29) is 11.8 Å². The van der Waals surface area contributed by atoms with Crippen LogP contribution in [-0.4, -0.2) is 47.4 Å². The zero-order valence-electron chi connectivity index (χ0n) is 12.5. The zero-order valence-corrected chi connectivity index (χ0v) is 13.3. The SMILES string of the molecule is CC[C@@H](CNC(=O)c1csc(NC(C)=O)n1)N1CCCC1. The fraction of sp³-hybridized carbons (Fsp3) is 0.643. The minimum absolute atomic E-state index is 0.180. The monoisotopic (exact) mass is 310 g/mol. The summed E-state index contributed by atoms with van der Waals surface area (Å²) in [5.41, 5.74) is 0.361. The second kappa shape index (κ2) is 7.51. The fourth-order valence-electron chi connectivity index (χ4n) is 2.53. The number of thiazole rings is 1. The van der Waals surface area contributed by atoms with E-state index < -0.39 is 0 Å². The van der Waals surface area contributed by atoms with Gasteiger partial charge in [0.15, 0.2) is 5.13 Å². The standard InChI is InChI=1S/C14H22N4O2S/c1-3-11(18-6-4-5-7-18)8-15-13(20)12-9-21-14(17-12)16-10(2)19/h9,11H,3-8H2,1-2H3,(H,15,20)(H,16,17,19)/t11-/m0/s1. The number of rotatable bonds is 6. The van der Waals surface area contributed by atoms with E-state index in [1.54, 1.807) is 5.38 Å². The van der Waals surface area contributed by atoms with E-state index in [0.717, 1.165) is 19.5 Å². The maximum Gasteiger partial charge on any atom is 0.270 e. The van der Waals surface area contributed by atoms with Crippen molar-refractivity contribution in [2.75, 3.05) is 25.0 Å². The van der Waals surface area contributed by atoms with Gasteiger partial charge in [0.2, 0.25) is 5.91 Å². The minimum Gasteiger partial charge on any atom is -0.349 e. The third-order valence-electron chi connectivity index (χ3n) is 3.65. The number of anilines is 1. The van der Waals surface area contributed by atoms with E-state index in [1.807, 2.05) is 0 Å². The highest BCUT2D eigenvalue weighted by atomic mass is 32.1. The number of nitrogens with one attached hydrogen (secondary N) is 2. The Labute approximate surface area is 128 Å². The van der Waals surface area contributed by atoms with Crippen LogP contribution in [0.5, 0.6) is 0 Å². The molecule has 1 atom stereocenters. The number of carbonyl (C=O) groups is 2. The van der Waals surface area contributed by atoms with Gasteiger partial charge in [0.1, 0.15) is 5.69 Å². The Balaban J connectivity index is 1.85. The number of hydrogen-bond acceptors (Lipinski definition) is 5. The molecule has 0 aliphatic carbocycles. The van der Waals surface area contributed by atoms with E-state index in [0.29, 0.717) is 23.4 Å². The minimum atomic E-state index is -0.184. The molecule has 2 heterocycles. The molecule has 0 aromatic carbocycles. The summed E-state index contributed by atoms with van der Waals surface area (Å²) in [5.74, 6) is -0.364. The summed E-state index contributed by atoms with van der Waals surface area (Å²) in [6, 6.07) is 0.393. The van der Waals surface area contributed by atoms with E-state index >= 15 is 0 Å². The molecular formula is C14H22N4O2S. The quantitative estimate of drug-likeness (QED) is 0.839. The first-order valence-electron chi connectivity index (χ1n) is 7.35. The summed E-state index contributed by atoms with van der Waals surface area (Å²) >= 11 is 1.26. The molecule has 2 rings (SSSR count). The predicted octanol–water partition coefficient (Wildman–Crippen LogP) is 1.71. The van der Waals surface area contributed by atoms with Gasteiger partial charge in [0.25, 0.3) is 5.91 Å². The maximum absolute atomic E-state index is 12.1. The Bertz CT molecular complexity index is 497. The average Bonchev–Trinajstić information content (AvgIpc) is 3.10. The largest absolute Gasteiger partial charge is 0.349 e. The van der Waals surface area contributed by atoms with Crippen molar-refractivity contribution in [3.05, 3.63) is 11.1 Å². The molecule has 1 aliphatic heterocycles. The molecule has 1 aromatic heterocycles. The normalized spacial score (nSPS) is 16.7. The Morgan fingerprint density at radius 2 is 2.14 bits per heavy atom. The average molecular weight is 310 g/mol. The van der Waals surface area contributed by atoms with Gasteiger partial charge in [-0.1, -0.05) is 6.92 Å². The molecule has 1 aliphatic rings. The van der Waals surface area contributed by atoms with Gasteiger partial charge >= 0.3 is 0 Å². The molecule has 0 saturated carbocycles. The van der Waals surface area contributed by atoms with Crippen molar-refractivity contribution in [1.82, 2.24) is 15.2 Å². The van der Waals surface area contributed by atoms with Crippen LogP contribution in [0.1, 0.15) is 43.6 Å². The lowest BCUT2D eigenvalue weighted by Crippen LogP contribution is -2.42. The van der Waals surface area contributed by atoms with Crippen LogP contribution in [0, 0.1) is 0 Å². The van der Waals surface area contributed by atoms with Crippen LogP contribution in [0.25, 0.3) is 0 Å². The summed E-state index contributed by atoms with van der Waals surface area (Å²) in [5, 5.41) is 7.65. The molecule has 1 aromatic rings. The lowest BCUT2D eigenvalue weighted by Gasteiger charge is -2.26. The number of nitrogens with zero attached hydrogens (tertiary/aromatic N) is 2. The number of likely N-dealkylation sites (tertiary alicyclic amines) is 1. The van der Waals surface area contributed by atoms with Crippen molar-refractivity contribution in [2.45, 2.75) is 39.2 Å². The van der Waals surface area contributed by atoms with Crippen molar-refractivity contribution >= 4 is 28.3 Å². The number of aromatic nitrogens is 1. The second-order valence-corrected chi connectivity index (χ2v) is 6.09. The molecule has 0 radical (unpaired) electrons. The smallest absolute Gasteiger partial charge is 0.270 e. The number of carbonyl (C=O) groups excluding carboxylic acids is 2. The Hall–Kier alpha value is -1.47. The lowest BCUT2D eigenvalue weighted by atomic mass is 10.2. The van der Waals surface area contributed by atoms with Crippen LogP contribution >= 0.6 is 11.3 Å². The highest BCUT2D eigenvalue weighted by Gasteiger charge is 2.21. The van der Waals surface area contributed by atoms with Crippen molar-refractivity contribution in [3.8, 4) is 0 Å². The topological polar surface area (TPSA) is 74.3 Å². The fourth-order valence-corrected chi connectivity index (χ4v) is 3.26. The van der Waals surface area contributed by atoms with Gasteiger partial charge in [-0.3, -0.25) is 14.5 Å². The zero-order chi connectivity index (χ0) is 15.2. The van der Waals surface area contributed by atoms with Crippen LogP contribution < -0.4 is 10.6 Å². The molecular weight excluding hydrogens is 288 g/mol. The molecule has 2 N–H and O–H groups in total. The van der Waals surface area contributed by atoms with Crippen LogP contribution in [-0.2, 0) is 4.79 Å². The van der Waals surface area contributed by atoms with Gasteiger partial charge in [0.05, 0.1) is 0 Å². The van der Waals surface area contributed by atoms with Gasteiger partial charge in [-0.25, -0.2) is 4.98 Å². The summed E-state index contributed by atoms with van der Waals surface area (Å²) < 4.78 is 0. The molecule has 7 heteroatoms. The Kier molecular flexibility index (Phi) is 5.69. The first-order chi connectivity index (χ1) is 10.1. The summed E-state index contributed by atoms with van der Waals surface area (Å²) in [7, 11) is 0. The second-order valence-electron chi connectivity index (χ2n) is 5.23. The van der Waals surface area contributed by atoms with E-state index in [9.17, 15) is 9.59 Å². The predicted molar refractivity (Wildman–Crippen MR) is 83.6 cm³/mol. The maximum atomic E-state index is 12.1. The van der Waals surface area contributed by atoms with Crippen molar-refractivity contribution in [3.63, 3.8) is 0 Å². The van der Waals surface area contributed by atoms with Gasteiger partial charge in [-0.2, -0.15) is 0 Å². The van der Waals surface area contributed by atoms with Crippen LogP contribution in [0.4, 0.5) is 5.13 Å².